The smallest absolute Gasteiger partial charge is 0.399 e. The van der Waals surface area contributed by atoms with Crippen LogP contribution in [0.5, 0.6) is 0 Å². The molecule has 1 aromatic carbocycles. The van der Waals surface area contributed by atoms with Crippen molar-refractivity contribution in [3.63, 3.8) is 0 Å². The summed E-state index contributed by atoms with van der Waals surface area (Å²) in [4.78, 5) is 3.08. The van der Waals surface area contributed by atoms with E-state index in [0.29, 0.717) is 5.69 Å². The minimum Gasteiger partial charge on any atom is -0.399 e. The number of hydrogen-bond acceptors (Lipinski definition) is 3. The molecule has 2 aromatic rings. The molecule has 0 spiro atoms. The number of aromatic amines is 1. The Bertz CT molecular complexity index is 696. The average molecular weight is 268 g/mol. The first-order valence-electron chi connectivity index (χ1n) is 6.71. The monoisotopic (exact) mass is 268 g/mol. The number of nitriles is 1. The van der Waals surface area contributed by atoms with Crippen LogP contribution in [0, 0.1) is 11.3 Å². The van der Waals surface area contributed by atoms with E-state index < -0.39 is 0 Å². The quantitative estimate of drug-likeness (QED) is 0.807. The van der Waals surface area contributed by atoms with Gasteiger partial charge in [-0.3, -0.25) is 0 Å². The highest BCUT2D eigenvalue weighted by Gasteiger charge is 2.51. The lowest BCUT2D eigenvalue weighted by atomic mass is 9.79. The van der Waals surface area contributed by atoms with Crippen molar-refractivity contribution in [1.29, 1.82) is 5.26 Å². The van der Waals surface area contributed by atoms with Crippen LogP contribution in [0.15, 0.2) is 24.3 Å². The van der Waals surface area contributed by atoms with Crippen molar-refractivity contribution in [3.8, 4) is 6.07 Å². The normalized spacial score (nSPS) is 20.2. The molecule has 0 radical (unpaired) electrons. The van der Waals surface area contributed by atoms with Gasteiger partial charge in [-0.15, -0.1) is 0 Å². The third-order valence-corrected chi connectivity index (χ3v) is 4.29. The number of rotatable bonds is 1. The fraction of sp³-hybridized carbons (Fsp3) is 0.400. The third kappa shape index (κ3) is 1.93. The van der Waals surface area contributed by atoms with Crippen LogP contribution in [0.3, 0.4) is 0 Å². The number of aromatic nitrogens is 1. The van der Waals surface area contributed by atoms with E-state index in [1.54, 1.807) is 0 Å². The molecule has 0 amide bonds. The van der Waals surface area contributed by atoms with Crippen molar-refractivity contribution in [2.45, 2.75) is 38.9 Å². The number of hydrogen-bond donors (Lipinski definition) is 1. The molecule has 5 heteroatoms. The molecular weight excluding hydrogens is 251 g/mol. The number of nitrogens with zero attached hydrogens (tertiary/aromatic N) is 1. The Kier molecular flexibility index (Phi) is 2.72. The maximum atomic E-state index is 8.93. The van der Waals surface area contributed by atoms with E-state index in [2.05, 4.69) is 11.1 Å². The zero-order chi connectivity index (χ0) is 14.5. The number of fused-ring (bicyclic) bond motifs is 1. The van der Waals surface area contributed by atoms with E-state index in [-0.39, 0.29) is 18.3 Å². The van der Waals surface area contributed by atoms with Crippen molar-refractivity contribution in [3.05, 3.63) is 30.0 Å². The van der Waals surface area contributed by atoms with Crippen LogP contribution < -0.4 is 5.46 Å². The lowest BCUT2D eigenvalue weighted by Crippen LogP contribution is -2.41. The fourth-order valence-electron chi connectivity index (χ4n) is 2.33. The summed E-state index contributed by atoms with van der Waals surface area (Å²) in [6.45, 7) is 8.14. The summed E-state index contributed by atoms with van der Waals surface area (Å²) >= 11 is 0. The second-order valence-corrected chi connectivity index (χ2v) is 6.23. The first-order valence-corrected chi connectivity index (χ1v) is 6.71. The molecule has 1 fully saturated rings. The minimum atomic E-state index is -0.377. The summed E-state index contributed by atoms with van der Waals surface area (Å²) in [6, 6.07) is 9.90. The maximum Gasteiger partial charge on any atom is 0.494 e. The number of nitrogens with one attached hydrogen (secondary N) is 1. The van der Waals surface area contributed by atoms with Crippen molar-refractivity contribution < 1.29 is 9.31 Å². The second-order valence-electron chi connectivity index (χ2n) is 6.23. The van der Waals surface area contributed by atoms with Gasteiger partial charge in [-0.05, 0) is 45.3 Å². The van der Waals surface area contributed by atoms with E-state index in [4.69, 9.17) is 14.6 Å². The summed E-state index contributed by atoms with van der Waals surface area (Å²) in [5.41, 5.74) is 1.75. The van der Waals surface area contributed by atoms with Crippen LogP contribution in [0.2, 0.25) is 0 Å². The molecule has 20 heavy (non-hydrogen) atoms. The van der Waals surface area contributed by atoms with Gasteiger partial charge in [0.1, 0.15) is 11.8 Å². The number of H-pyrrole nitrogens is 1. The Morgan fingerprint density at radius 3 is 2.35 bits per heavy atom. The van der Waals surface area contributed by atoms with E-state index in [1.165, 1.54) is 0 Å². The second kappa shape index (κ2) is 4.11. The SMILES string of the molecule is CC1(C)OB(c2ccc3cc(C#N)[nH]c3c2)OC1(C)C. The molecule has 0 aliphatic carbocycles. The molecule has 3 rings (SSSR count). The Labute approximate surface area is 118 Å². The van der Waals surface area contributed by atoms with Gasteiger partial charge in [0, 0.05) is 10.9 Å². The van der Waals surface area contributed by atoms with Gasteiger partial charge >= 0.3 is 7.12 Å². The van der Waals surface area contributed by atoms with E-state index in [1.807, 2.05) is 52.0 Å². The highest BCUT2D eigenvalue weighted by atomic mass is 16.7. The largest absolute Gasteiger partial charge is 0.494 e. The van der Waals surface area contributed by atoms with Crippen LogP contribution in [-0.4, -0.2) is 23.3 Å². The zero-order valence-electron chi connectivity index (χ0n) is 12.2. The summed E-state index contributed by atoms with van der Waals surface area (Å²) in [7, 11) is -0.377. The zero-order valence-corrected chi connectivity index (χ0v) is 12.2. The Hall–Kier alpha value is -1.77. The third-order valence-electron chi connectivity index (χ3n) is 4.29. The maximum absolute atomic E-state index is 8.93. The predicted octanol–water partition coefficient (Wildman–Crippen LogP) is 2.34. The lowest BCUT2D eigenvalue weighted by molar-refractivity contribution is 0.00578. The first kappa shape index (κ1) is 13.2. The molecule has 1 aliphatic rings. The minimum absolute atomic E-state index is 0.347. The molecule has 0 bridgehead atoms. The number of benzene rings is 1. The van der Waals surface area contributed by atoms with E-state index in [9.17, 15) is 0 Å². The molecule has 1 saturated heterocycles. The van der Waals surface area contributed by atoms with Crippen LogP contribution in [0.4, 0.5) is 0 Å². The van der Waals surface area contributed by atoms with Gasteiger partial charge in [0.15, 0.2) is 0 Å². The lowest BCUT2D eigenvalue weighted by Gasteiger charge is -2.32. The van der Waals surface area contributed by atoms with Crippen LogP contribution in [0.25, 0.3) is 10.9 Å². The molecule has 0 unspecified atom stereocenters. The summed E-state index contributed by atoms with van der Waals surface area (Å²) in [5, 5.41) is 9.94. The van der Waals surface area contributed by atoms with Gasteiger partial charge in [-0.2, -0.15) is 5.26 Å². The van der Waals surface area contributed by atoms with Crippen molar-refractivity contribution >= 4 is 23.5 Å². The van der Waals surface area contributed by atoms with Crippen LogP contribution >= 0.6 is 0 Å². The molecule has 2 heterocycles. The topological polar surface area (TPSA) is 58.0 Å². The van der Waals surface area contributed by atoms with Gasteiger partial charge in [-0.25, -0.2) is 0 Å². The predicted molar refractivity (Wildman–Crippen MR) is 78.7 cm³/mol. The molecular formula is C15H17BN2O2. The first-order chi connectivity index (χ1) is 9.32. The Balaban J connectivity index is 1.98. The molecule has 1 aliphatic heterocycles. The van der Waals surface area contributed by atoms with E-state index in [0.717, 1.165) is 16.4 Å². The summed E-state index contributed by atoms with van der Waals surface area (Å²) < 4.78 is 12.1. The molecule has 1 aromatic heterocycles. The Morgan fingerprint density at radius 2 is 1.75 bits per heavy atom. The van der Waals surface area contributed by atoms with Crippen molar-refractivity contribution in [2.24, 2.45) is 0 Å². The molecule has 102 valence electrons. The van der Waals surface area contributed by atoms with Gasteiger partial charge in [0.25, 0.3) is 0 Å². The summed E-state index contributed by atoms with van der Waals surface area (Å²) in [6.07, 6.45) is 0. The molecule has 4 nitrogen and oxygen atoms in total. The van der Waals surface area contributed by atoms with Crippen LogP contribution in [0.1, 0.15) is 33.4 Å². The van der Waals surface area contributed by atoms with E-state index >= 15 is 0 Å². The fourth-order valence-corrected chi connectivity index (χ4v) is 2.33. The van der Waals surface area contributed by atoms with Gasteiger partial charge in [0.2, 0.25) is 0 Å². The Morgan fingerprint density at radius 1 is 1.10 bits per heavy atom. The van der Waals surface area contributed by atoms with Crippen molar-refractivity contribution in [2.75, 3.05) is 0 Å². The highest BCUT2D eigenvalue weighted by Crippen LogP contribution is 2.36. The van der Waals surface area contributed by atoms with Gasteiger partial charge in [0.05, 0.1) is 11.2 Å². The van der Waals surface area contributed by atoms with Crippen molar-refractivity contribution in [1.82, 2.24) is 4.98 Å². The molecule has 0 saturated carbocycles. The van der Waals surface area contributed by atoms with Gasteiger partial charge < -0.3 is 14.3 Å². The average Bonchev–Trinajstić information content (AvgIpc) is 2.87. The highest BCUT2D eigenvalue weighted by molar-refractivity contribution is 6.62. The summed E-state index contributed by atoms with van der Waals surface area (Å²) in [5.74, 6) is 0. The van der Waals surface area contributed by atoms with Crippen LogP contribution in [-0.2, 0) is 9.31 Å². The molecule has 0 atom stereocenters. The molecule has 1 N–H and O–H groups in total. The standard InChI is InChI=1S/C15H17BN2O2/c1-14(2)15(3,4)20-16(19-14)11-6-5-10-7-12(9-17)18-13(10)8-11/h5-8,18H,1-4H3. The van der Waals surface area contributed by atoms with Gasteiger partial charge in [-0.1, -0.05) is 12.1 Å².